The third-order valence-corrected chi connectivity index (χ3v) is 5.14. The molecule has 5 nitrogen and oxygen atoms in total. The predicted octanol–water partition coefficient (Wildman–Crippen LogP) is 2.93. The van der Waals surface area contributed by atoms with Crippen molar-refractivity contribution in [3.63, 3.8) is 0 Å². The van der Waals surface area contributed by atoms with Crippen molar-refractivity contribution in [2.75, 3.05) is 32.7 Å². The van der Waals surface area contributed by atoms with Crippen LogP contribution in [0, 0.1) is 17.7 Å². The van der Waals surface area contributed by atoms with Gasteiger partial charge in [0.1, 0.15) is 11.4 Å². The van der Waals surface area contributed by atoms with Gasteiger partial charge in [0, 0.05) is 19.6 Å². The number of carbonyl (C=O) groups is 1. The van der Waals surface area contributed by atoms with Crippen LogP contribution in [0.3, 0.4) is 0 Å². The van der Waals surface area contributed by atoms with Gasteiger partial charge in [-0.05, 0) is 69.8 Å². The summed E-state index contributed by atoms with van der Waals surface area (Å²) >= 11 is 0. The number of hydrogen-bond acceptors (Lipinski definition) is 4. The SMILES string of the molecule is CC(C)(C)OC(=O)NC(CCN1CC2CNCC2C1)c1cccc(F)c1. The van der Waals surface area contributed by atoms with Gasteiger partial charge in [-0.15, -0.1) is 0 Å². The van der Waals surface area contributed by atoms with Gasteiger partial charge in [-0.25, -0.2) is 9.18 Å². The highest BCUT2D eigenvalue weighted by Crippen LogP contribution is 2.27. The van der Waals surface area contributed by atoms with Gasteiger partial charge in [0.15, 0.2) is 0 Å². The van der Waals surface area contributed by atoms with E-state index in [1.54, 1.807) is 6.07 Å². The number of alkyl carbamates (subject to hydrolysis) is 1. The Balaban J connectivity index is 1.62. The highest BCUT2D eigenvalue weighted by molar-refractivity contribution is 5.68. The average molecular weight is 363 g/mol. The fourth-order valence-corrected chi connectivity index (χ4v) is 3.94. The van der Waals surface area contributed by atoms with Crippen molar-refractivity contribution in [1.29, 1.82) is 0 Å². The van der Waals surface area contributed by atoms with Gasteiger partial charge >= 0.3 is 6.09 Å². The molecule has 6 heteroatoms. The number of likely N-dealkylation sites (tertiary alicyclic amines) is 1. The molecule has 3 rings (SSSR count). The molecule has 0 aromatic heterocycles. The first kappa shape index (κ1) is 19.1. The number of ether oxygens (including phenoxy) is 1. The van der Waals surface area contributed by atoms with Crippen molar-refractivity contribution >= 4 is 6.09 Å². The fourth-order valence-electron chi connectivity index (χ4n) is 3.94. The summed E-state index contributed by atoms with van der Waals surface area (Å²) in [5, 5.41) is 6.37. The number of carbonyl (C=O) groups excluding carboxylic acids is 1. The maximum Gasteiger partial charge on any atom is 0.408 e. The van der Waals surface area contributed by atoms with E-state index in [-0.39, 0.29) is 11.9 Å². The zero-order chi connectivity index (χ0) is 18.7. The molecule has 2 fully saturated rings. The van der Waals surface area contributed by atoms with Crippen LogP contribution >= 0.6 is 0 Å². The van der Waals surface area contributed by atoms with Crippen molar-refractivity contribution in [3.05, 3.63) is 35.6 Å². The lowest BCUT2D eigenvalue weighted by Crippen LogP contribution is -2.37. The minimum absolute atomic E-state index is 0.265. The van der Waals surface area contributed by atoms with Crippen molar-refractivity contribution in [1.82, 2.24) is 15.5 Å². The predicted molar refractivity (Wildman–Crippen MR) is 99.4 cm³/mol. The van der Waals surface area contributed by atoms with Gasteiger partial charge in [0.25, 0.3) is 0 Å². The van der Waals surface area contributed by atoms with Gasteiger partial charge in [-0.2, -0.15) is 0 Å². The van der Waals surface area contributed by atoms with Crippen LogP contribution in [-0.4, -0.2) is 49.3 Å². The molecule has 2 aliphatic heterocycles. The van der Waals surface area contributed by atoms with Crippen molar-refractivity contribution < 1.29 is 13.9 Å². The summed E-state index contributed by atoms with van der Waals surface area (Å²) in [7, 11) is 0. The number of rotatable bonds is 5. The average Bonchev–Trinajstić information content (AvgIpc) is 3.10. The van der Waals surface area contributed by atoms with Crippen LogP contribution < -0.4 is 10.6 Å². The lowest BCUT2D eigenvalue weighted by Gasteiger charge is -2.26. The molecule has 3 unspecified atom stereocenters. The molecule has 2 N–H and O–H groups in total. The summed E-state index contributed by atoms with van der Waals surface area (Å²) in [5.41, 5.74) is 0.215. The molecule has 0 radical (unpaired) electrons. The Morgan fingerprint density at radius 1 is 1.35 bits per heavy atom. The van der Waals surface area contributed by atoms with Crippen LogP contribution in [0.15, 0.2) is 24.3 Å². The molecule has 144 valence electrons. The van der Waals surface area contributed by atoms with E-state index < -0.39 is 11.7 Å². The molecule has 0 bridgehead atoms. The van der Waals surface area contributed by atoms with E-state index in [0.29, 0.717) is 0 Å². The summed E-state index contributed by atoms with van der Waals surface area (Å²) < 4.78 is 19.1. The molecule has 0 spiro atoms. The molecule has 0 aliphatic carbocycles. The molecule has 1 aromatic rings. The Morgan fingerprint density at radius 2 is 2.04 bits per heavy atom. The highest BCUT2D eigenvalue weighted by atomic mass is 19.1. The lowest BCUT2D eigenvalue weighted by atomic mass is 10.0. The largest absolute Gasteiger partial charge is 0.444 e. The van der Waals surface area contributed by atoms with Crippen molar-refractivity contribution in [2.45, 2.75) is 38.8 Å². The number of amides is 1. The zero-order valence-electron chi connectivity index (χ0n) is 15.9. The second-order valence-electron chi connectivity index (χ2n) is 8.48. The van der Waals surface area contributed by atoms with E-state index in [2.05, 4.69) is 15.5 Å². The standard InChI is InChI=1S/C20H30FN3O2/c1-20(2,3)26-19(25)23-18(14-5-4-6-17(21)9-14)7-8-24-12-15-10-22-11-16(15)13-24/h4-6,9,15-16,18,22H,7-8,10-13H2,1-3H3,(H,23,25). The third-order valence-electron chi connectivity index (χ3n) is 5.14. The monoisotopic (exact) mass is 363 g/mol. The Labute approximate surface area is 155 Å². The molecule has 2 heterocycles. The second kappa shape index (κ2) is 7.92. The van der Waals surface area contributed by atoms with E-state index in [0.717, 1.165) is 56.5 Å². The Kier molecular flexibility index (Phi) is 5.82. The molecular weight excluding hydrogens is 333 g/mol. The molecule has 1 amide bonds. The van der Waals surface area contributed by atoms with E-state index in [9.17, 15) is 9.18 Å². The van der Waals surface area contributed by atoms with Crippen LogP contribution in [-0.2, 0) is 4.74 Å². The Bertz CT molecular complexity index is 620. The van der Waals surface area contributed by atoms with Crippen molar-refractivity contribution in [2.24, 2.45) is 11.8 Å². The minimum atomic E-state index is -0.560. The maximum absolute atomic E-state index is 13.7. The van der Waals surface area contributed by atoms with Crippen LogP contribution in [0.25, 0.3) is 0 Å². The number of fused-ring (bicyclic) bond motifs is 1. The first-order valence-corrected chi connectivity index (χ1v) is 9.48. The summed E-state index contributed by atoms with van der Waals surface area (Å²) in [6, 6.07) is 6.18. The van der Waals surface area contributed by atoms with E-state index in [4.69, 9.17) is 4.74 Å². The quantitative estimate of drug-likeness (QED) is 0.845. The first-order chi connectivity index (χ1) is 12.3. The summed E-state index contributed by atoms with van der Waals surface area (Å²) in [6.07, 6.45) is 0.268. The number of hydrogen-bond donors (Lipinski definition) is 2. The molecule has 0 saturated carbocycles. The van der Waals surface area contributed by atoms with Crippen LogP contribution in [0.1, 0.15) is 38.8 Å². The van der Waals surface area contributed by atoms with Crippen LogP contribution in [0.4, 0.5) is 9.18 Å². The van der Waals surface area contributed by atoms with E-state index in [1.807, 2.05) is 26.8 Å². The molecule has 2 saturated heterocycles. The van der Waals surface area contributed by atoms with Crippen molar-refractivity contribution in [3.8, 4) is 0 Å². The summed E-state index contributed by atoms with van der Waals surface area (Å²) in [6.45, 7) is 10.8. The lowest BCUT2D eigenvalue weighted by molar-refractivity contribution is 0.0498. The molecule has 2 aliphatic rings. The van der Waals surface area contributed by atoms with Gasteiger partial charge < -0.3 is 20.3 Å². The zero-order valence-corrected chi connectivity index (χ0v) is 15.9. The summed E-state index contributed by atoms with van der Waals surface area (Å²) in [4.78, 5) is 14.7. The number of nitrogens with one attached hydrogen (secondary N) is 2. The van der Waals surface area contributed by atoms with E-state index in [1.165, 1.54) is 12.1 Å². The van der Waals surface area contributed by atoms with Gasteiger partial charge in [0.05, 0.1) is 6.04 Å². The van der Waals surface area contributed by atoms with Crippen LogP contribution in [0.5, 0.6) is 0 Å². The minimum Gasteiger partial charge on any atom is -0.444 e. The number of nitrogens with zero attached hydrogens (tertiary/aromatic N) is 1. The molecular formula is C20H30FN3O2. The summed E-state index contributed by atoms with van der Waals surface area (Å²) in [5.74, 6) is 1.18. The fraction of sp³-hybridized carbons (Fsp3) is 0.650. The van der Waals surface area contributed by atoms with Gasteiger partial charge in [0.2, 0.25) is 0 Å². The maximum atomic E-state index is 13.7. The topological polar surface area (TPSA) is 53.6 Å². The van der Waals surface area contributed by atoms with Gasteiger partial charge in [-0.3, -0.25) is 0 Å². The number of benzene rings is 1. The normalized spacial score (nSPS) is 24.3. The highest BCUT2D eigenvalue weighted by Gasteiger charge is 2.36. The van der Waals surface area contributed by atoms with E-state index >= 15 is 0 Å². The smallest absolute Gasteiger partial charge is 0.408 e. The van der Waals surface area contributed by atoms with Crippen LogP contribution in [0.2, 0.25) is 0 Å². The Hall–Kier alpha value is -1.66. The number of halogens is 1. The second-order valence-corrected chi connectivity index (χ2v) is 8.48. The molecule has 3 atom stereocenters. The Morgan fingerprint density at radius 3 is 2.65 bits per heavy atom. The molecule has 1 aromatic carbocycles. The first-order valence-electron chi connectivity index (χ1n) is 9.48. The molecule has 26 heavy (non-hydrogen) atoms. The van der Waals surface area contributed by atoms with Gasteiger partial charge in [-0.1, -0.05) is 12.1 Å². The third kappa shape index (κ3) is 5.17.